The van der Waals surface area contributed by atoms with E-state index in [0.717, 1.165) is 61.9 Å². The molecular weight excluding hydrogens is 577 g/mol. The molecule has 0 atom stereocenters. The molecule has 45 heavy (non-hydrogen) atoms. The number of thioether (sulfide) groups is 1. The summed E-state index contributed by atoms with van der Waals surface area (Å²) >= 11 is 1.93. The smallest absolute Gasteiger partial charge is 0.305 e. The summed E-state index contributed by atoms with van der Waals surface area (Å²) in [6.07, 6.45) is 34.0. The Balaban J connectivity index is 3.25. The molecule has 0 radical (unpaired) electrons. The molecule has 0 aliphatic heterocycles. The Kier molecular flexibility index (Phi) is 35.6. The molecule has 0 N–H and O–H groups in total. The van der Waals surface area contributed by atoms with Crippen LogP contribution in [0.15, 0.2) is 0 Å². The maximum Gasteiger partial charge on any atom is 0.305 e. The summed E-state index contributed by atoms with van der Waals surface area (Å²) in [5.74, 6) is 3.79. The van der Waals surface area contributed by atoms with Crippen molar-refractivity contribution in [2.45, 2.75) is 207 Å². The fourth-order valence-corrected chi connectivity index (χ4v) is 6.72. The van der Waals surface area contributed by atoms with Gasteiger partial charge in [-0.2, -0.15) is 11.8 Å². The number of carbonyl (C=O) groups is 2. The van der Waals surface area contributed by atoms with Crippen molar-refractivity contribution in [3.63, 3.8) is 0 Å². The fourth-order valence-electron chi connectivity index (χ4n) is 5.70. The molecule has 0 aliphatic rings. The van der Waals surface area contributed by atoms with E-state index < -0.39 is 0 Å². The summed E-state index contributed by atoms with van der Waals surface area (Å²) in [6.45, 7) is 10.4. The van der Waals surface area contributed by atoms with Crippen LogP contribution >= 0.6 is 11.8 Å². The number of hydrogen-bond donors (Lipinski definition) is 0. The Morgan fingerprint density at radius 3 is 1.00 bits per heavy atom. The van der Waals surface area contributed by atoms with Gasteiger partial charge in [-0.05, 0) is 61.9 Å². The minimum Gasteiger partial charge on any atom is -0.466 e. The molecule has 0 unspecified atom stereocenters. The van der Waals surface area contributed by atoms with E-state index >= 15 is 0 Å². The van der Waals surface area contributed by atoms with Crippen LogP contribution < -0.4 is 0 Å². The van der Waals surface area contributed by atoms with Crippen molar-refractivity contribution < 1.29 is 19.1 Å². The Morgan fingerprint density at radius 1 is 0.400 bits per heavy atom. The normalized spacial score (nSPS) is 11.5. The molecule has 5 heteroatoms. The van der Waals surface area contributed by atoms with Crippen molar-refractivity contribution in [1.29, 1.82) is 0 Å². The summed E-state index contributed by atoms with van der Waals surface area (Å²) in [6, 6.07) is 0. The monoisotopic (exact) mass is 655 g/mol. The fraction of sp³-hybridized carbons (Fsp3) is 0.950. The minimum absolute atomic E-state index is 0.0331. The Hall–Kier alpha value is -0.710. The van der Waals surface area contributed by atoms with Gasteiger partial charge in [-0.25, -0.2) is 0 Å². The molecule has 0 saturated carbocycles. The van der Waals surface area contributed by atoms with Gasteiger partial charge in [-0.3, -0.25) is 9.59 Å². The van der Waals surface area contributed by atoms with Crippen molar-refractivity contribution in [1.82, 2.24) is 0 Å². The number of ether oxygens (including phenoxy) is 2. The van der Waals surface area contributed by atoms with Gasteiger partial charge < -0.3 is 9.47 Å². The number of unbranched alkanes of at least 4 members (excludes halogenated alkanes) is 20. The Bertz CT molecular complexity index is 569. The third-order valence-electron chi connectivity index (χ3n) is 8.72. The van der Waals surface area contributed by atoms with E-state index in [4.69, 9.17) is 9.47 Å². The van der Waals surface area contributed by atoms with Crippen LogP contribution in [0.2, 0.25) is 0 Å². The molecule has 0 aromatic heterocycles. The molecule has 0 amide bonds. The van der Waals surface area contributed by atoms with E-state index in [1.807, 2.05) is 11.8 Å². The van der Waals surface area contributed by atoms with Crippen LogP contribution in [0.3, 0.4) is 0 Å². The van der Waals surface area contributed by atoms with Gasteiger partial charge in [-0.1, -0.05) is 156 Å². The third kappa shape index (κ3) is 39.4. The van der Waals surface area contributed by atoms with Crippen LogP contribution in [0, 0.1) is 11.8 Å². The zero-order chi connectivity index (χ0) is 33.1. The summed E-state index contributed by atoms with van der Waals surface area (Å²) in [7, 11) is 0. The van der Waals surface area contributed by atoms with E-state index in [9.17, 15) is 9.59 Å². The number of hydrogen-bond acceptors (Lipinski definition) is 5. The molecule has 0 rings (SSSR count). The molecule has 0 saturated heterocycles. The molecule has 268 valence electrons. The number of carbonyl (C=O) groups excluding carboxylic acids is 2. The molecule has 0 fully saturated rings. The van der Waals surface area contributed by atoms with Gasteiger partial charge in [0.25, 0.3) is 0 Å². The first-order chi connectivity index (χ1) is 21.9. The van der Waals surface area contributed by atoms with Crippen LogP contribution in [0.25, 0.3) is 0 Å². The van der Waals surface area contributed by atoms with E-state index in [1.54, 1.807) is 0 Å². The van der Waals surface area contributed by atoms with Crippen molar-refractivity contribution in [2.75, 3.05) is 24.7 Å². The van der Waals surface area contributed by atoms with Gasteiger partial charge in [0.05, 0.1) is 13.2 Å². The van der Waals surface area contributed by atoms with E-state index in [-0.39, 0.29) is 11.9 Å². The second-order valence-corrected chi connectivity index (χ2v) is 15.6. The Labute approximate surface area is 286 Å². The summed E-state index contributed by atoms with van der Waals surface area (Å²) in [5, 5.41) is 0. The van der Waals surface area contributed by atoms with Gasteiger partial charge in [-0.15, -0.1) is 0 Å². The zero-order valence-corrected chi connectivity index (χ0v) is 31.6. The van der Waals surface area contributed by atoms with Crippen LogP contribution in [0.4, 0.5) is 0 Å². The lowest BCUT2D eigenvalue weighted by molar-refractivity contribution is -0.144. The van der Waals surface area contributed by atoms with Crippen molar-refractivity contribution in [3.8, 4) is 0 Å². The zero-order valence-electron chi connectivity index (χ0n) is 30.8. The third-order valence-corrected chi connectivity index (χ3v) is 9.87. The second kappa shape index (κ2) is 36.1. The van der Waals surface area contributed by atoms with Crippen molar-refractivity contribution in [2.24, 2.45) is 11.8 Å². The summed E-state index contributed by atoms with van der Waals surface area (Å²) < 4.78 is 10.8. The van der Waals surface area contributed by atoms with Crippen molar-refractivity contribution in [3.05, 3.63) is 0 Å². The first-order valence-corrected chi connectivity index (χ1v) is 21.0. The van der Waals surface area contributed by atoms with Gasteiger partial charge in [0.1, 0.15) is 0 Å². The summed E-state index contributed by atoms with van der Waals surface area (Å²) in [4.78, 5) is 23.9. The molecule has 4 nitrogen and oxygen atoms in total. The average Bonchev–Trinajstić information content (AvgIpc) is 3.00. The molecular formula is C40H78O4S. The average molecular weight is 655 g/mol. The van der Waals surface area contributed by atoms with E-state index in [1.165, 1.54) is 128 Å². The van der Waals surface area contributed by atoms with Gasteiger partial charge >= 0.3 is 11.9 Å². The lowest BCUT2D eigenvalue weighted by atomic mass is 10.0. The maximum absolute atomic E-state index is 11.9. The number of rotatable bonds is 36. The highest BCUT2D eigenvalue weighted by molar-refractivity contribution is 7.99. The standard InChI is InChI=1S/C40H78O4S/c1-37(2)29-21-17-13-9-5-7-11-15-19-25-33-43-39(41)31-23-27-35-45-36-28-24-32-40(42)44-34-26-20-16-12-8-6-10-14-18-22-30-38(3)4/h37-38H,5-36H2,1-4H3. The maximum atomic E-state index is 11.9. The first-order valence-electron chi connectivity index (χ1n) is 19.8. The predicted molar refractivity (Wildman–Crippen MR) is 198 cm³/mol. The highest BCUT2D eigenvalue weighted by Gasteiger charge is 2.05. The van der Waals surface area contributed by atoms with Gasteiger partial charge in [0.15, 0.2) is 0 Å². The molecule has 0 aliphatic carbocycles. The minimum atomic E-state index is -0.0331. The van der Waals surface area contributed by atoms with Crippen LogP contribution in [0.1, 0.15) is 207 Å². The molecule has 0 bridgehead atoms. The van der Waals surface area contributed by atoms with E-state index in [0.29, 0.717) is 26.1 Å². The second-order valence-electron chi connectivity index (χ2n) is 14.4. The topological polar surface area (TPSA) is 52.6 Å². The van der Waals surface area contributed by atoms with Crippen LogP contribution in [-0.4, -0.2) is 36.7 Å². The number of esters is 2. The molecule has 0 aromatic carbocycles. The highest BCUT2D eigenvalue weighted by atomic mass is 32.2. The quantitative estimate of drug-likeness (QED) is 0.0497. The van der Waals surface area contributed by atoms with Gasteiger partial charge in [0.2, 0.25) is 0 Å². The first kappa shape index (κ1) is 44.3. The Morgan fingerprint density at radius 2 is 0.689 bits per heavy atom. The highest BCUT2D eigenvalue weighted by Crippen LogP contribution is 2.15. The van der Waals surface area contributed by atoms with Crippen LogP contribution in [-0.2, 0) is 19.1 Å². The molecule has 0 heterocycles. The molecule has 0 aromatic rings. The van der Waals surface area contributed by atoms with Gasteiger partial charge in [0, 0.05) is 12.8 Å². The lowest BCUT2D eigenvalue weighted by Crippen LogP contribution is -2.06. The largest absolute Gasteiger partial charge is 0.466 e. The lowest BCUT2D eigenvalue weighted by Gasteiger charge is -2.06. The predicted octanol–water partition coefficient (Wildman–Crippen LogP) is 13.0. The van der Waals surface area contributed by atoms with Crippen molar-refractivity contribution >= 4 is 23.7 Å². The molecule has 0 spiro atoms. The van der Waals surface area contributed by atoms with Crippen LogP contribution in [0.5, 0.6) is 0 Å². The summed E-state index contributed by atoms with van der Waals surface area (Å²) in [5.41, 5.74) is 0. The van der Waals surface area contributed by atoms with E-state index in [2.05, 4.69) is 27.7 Å². The SMILES string of the molecule is CC(C)CCCCCCCCCCCCOC(=O)CCCCSCCCCC(=O)OCCCCCCCCCCCCC(C)C.